The summed E-state index contributed by atoms with van der Waals surface area (Å²) < 4.78 is 31.1. The summed E-state index contributed by atoms with van der Waals surface area (Å²) in [7, 11) is 1.29. The highest BCUT2D eigenvalue weighted by atomic mass is 19.1. The van der Waals surface area contributed by atoms with Crippen LogP contribution in [-0.2, 0) is 9.53 Å². The van der Waals surface area contributed by atoms with E-state index in [4.69, 9.17) is 4.74 Å². The molecule has 0 fully saturated rings. The number of hydrogen-bond acceptors (Lipinski definition) is 2. The summed E-state index contributed by atoms with van der Waals surface area (Å²) in [5.41, 5.74) is -0.0515. The number of rotatable bonds is 4. The van der Waals surface area contributed by atoms with Crippen molar-refractivity contribution in [2.75, 3.05) is 7.11 Å². The van der Waals surface area contributed by atoms with E-state index >= 15 is 0 Å². The van der Waals surface area contributed by atoms with Crippen molar-refractivity contribution < 1.29 is 18.3 Å². The molecular formula is C11H12F2O2. The molecule has 0 saturated carbocycles. The van der Waals surface area contributed by atoms with Crippen molar-refractivity contribution in [1.82, 2.24) is 0 Å². The predicted molar refractivity (Wildman–Crippen MR) is 51.4 cm³/mol. The molecule has 0 aliphatic heterocycles. The molecule has 1 aromatic rings. The molecule has 15 heavy (non-hydrogen) atoms. The van der Waals surface area contributed by atoms with Crippen LogP contribution in [-0.4, -0.2) is 12.9 Å². The number of methoxy groups -OCH3 is 1. The van der Waals surface area contributed by atoms with E-state index < -0.39 is 17.7 Å². The van der Waals surface area contributed by atoms with E-state index in [1.807, 2.05) is 0 Å². The van der Waals surface area contributed by atoms with E-state index in [2.05, 4.69) is 0 Å². The van der Waals surface area contributed by atoms with Crippen molar-refractivity contribution in [3.05, 3.63) is 35.4 Å². The molecule has 0 amide bonds. The Kier molecular flexibility index (Phi) is 3.91. The van der Waals surface area contributed by atoms with Crippen LogP contribution >= 0.6 is 0 Å². The third kappa shape index (κ3) is 2.59. The average molecular weight is 214 g/mol. The van der Waals surface area contributed by atoms with Crippen LogP contribution in [0, 0.1) is 11.6 Å². The second-order valence-corrected chi connectivity index (χ2v) is 3.10. The third-order valence-corrected chi connectivity index (χ3v) is 2.12. The molecule has 1 atom stereocenters. The summed E-state index contributed by atoms with van der Waals surface area (Å²) in [4.78, 5) is 11.4. The van der Waals surface area contributed by atoms with E-state index in [1.165, 1.54) is 7.11 Å². The zero-order valence-electron chi connectivity index (χ0n) is 8.59. The maximum Gasteiger partial charge on any atom is 0.165 e. The number of halogens is 2. The summed E-state index contributed by atoms with van der Waals surface area (Å²) >= 11 is 0. The van der Waals surface area contributed by atoms with Gasteiger partial charge in [0.1, 0.15) is 17.7 Å². The Morgan fingerprint density at radius 2 is 2.13 bits per heavy atom. The number of ketones is 1. The largest absolute Gasteiger partial charge is 0.369 e. The van der Waals surface area contributed by atoms with Crippen molar-refractivity contribution in [3.63, 3.8) is 0 Å². The van der Waals surface area contributed by atoms with Crippen LogP contribution in [0.4, 0.5) is 8.78 Å². The zero-order chi connectivity index (χ0) is 11.4. The first-order chi connectivity index (χ1) is 7.10. The van der Waals surface area contributed by atoms with Gasteiger partial charge >= 0.3 is 0 Å². The number of benzene rings is 1. The van der Waals surface area contributed by atoms with Gasteiger partial charge in [0.15, 0.2) is 5.78 Å². The Bertz CT molecular complexity index is 364. The summed E-state index contributed by atoms with van der Waals surface area (Å²) in [5.74, 6) is -1.50. The Balaban J connectivity index is 3.11. The number of carbonyl (C=O) groups excluding carboxylic acids is 1. The van der Waals surface area contributed by atoms with Gasteiger partial charge in [-0.2, -0.15) is 0 Å². The normalized spacial score (nSPS) is 12.5. The molecule has 0 aromatic heterocycles. The first-order valence-electron chi connectivity index (χ1n) is 4.60. The van der Waals surface area contributed by atoms with Gasteiger partial charge in [-0.15, -0.1) is 0 Å². The molecule has 0 N–H and O–H groups in total. The Labute approximate surface area is 86.9 Å². The highest BCUT2D eigenvalue weighted by Crippen LogP contribution is 2.22. The highest BCUT2D eigenvalue weighted by Gasteiger charge is 2.22. The molecule has 0 saturated heterocycles. The lowest BCUT2D eigenvalue weighted by Crippen LogP contribution is -2.15. The van der Waals surface area contributed by atoms with Crippen LogP contribution in [0.2, 0.25) is 0 Å². The smallest absolute Gasteiger partial charge is 0.165 e. The van der Waals surface area contributed by atoms with Crippen LogP contribution in [0.15, 0.2) is 18.2 Å². The van der Waals surface area contributed by atoms with Gasteiger partial charge in [0.25, 0.3) is 0 Å². The van der Waals surface area contributed by atoms with Crippen LogP contribution < -0.4 is 0 Å². The van der Waals surface area contributed by atoms with Crippen LogP contribution in [0.3, 0.4) is 0 Å². The second-order valence-electron chi connectivity index (χ2n) is 3.10. The van der Waals surface area contributed by atoms with E-state index in [-0.39, 0.29) is 17.8 Å². The molecule has 0 aliphatic rings. The lowest BCUT2D eigenvalue weighted by molar-refractivity contribution is -0.129. The summed E-state index contributed by atoms with van der Waals surface area (Å²) in [6.45, 7) is 1.64. The Hall–Kier alpha value is -1.29. The van der Waals surface area contributed by atoms with Gasteiger partial charge in [-0.3, -0.25) is 4.79 Å². The van der Waals surface area contributed by atoms with Crippen LogP contribution in [0.5, 0.6) is 0 Å². The number of ether oxygens (including phenoxy) is 1. The molecule has 1 aromatic carbocycles. The molecule has 0 radical (unpaired) electrons. The van der Waals surface area contributed by atoms with Gasteiger partial charge in [0, 0.05) is 19.1 Å². The van der Waals surface area contributed by atoms with Crippen molar-refractivity contribution in [2.45, 2.75) is 19.4 Å². The molecule has 0 heterocycles. The van der Waals surface area contributed by atoms with Gasteiger partial charge in [0.05, 0.1) is 0 Å². The molecule has 1 unspecified atom stereocenters. The summed E-state index contributed by atoms with van der Waals surface area (Å²) in [5, 5.41) is 0. The quantitative estimate of drug-likeness (QED) is 0.770. The van der Waals surface area contributed by atoms with Gasteiger partial charge < -0.3 is 4.74 Å². The minimum absolute atomic E-state index is 0.0515. The molecule has 4 heteroatoms. The standard InChI is InChI=1S/C11H12F2O2/c1-3-10(14)11(15-2)8-6-7(12)4-5-9(8)13/h4-6,11H,3H2,1-2H3. The fraction of sp³-hybridized carbons (Fsp3) is 0.364. The van der Waals surface area contributed by atoms with Crippen LogP contribution in [0.1, 0.15) is 25.0 Å². The third-order valence-electron chi connectivity index (χ3n) is 2.12. The van der Waals surface area contributed by atoms with Crippen LogP contribution in [0.25, 0.3) is 0 Å². The number of Topliss-reactive ketones (excluding diaryl/α,β-unsaturated/α-hetero) is 1. The highest BCUT2D eigenvalue weighted by molar-refractivity contribution is 5.84. The van der Waals surface area contributed by atoms with Crippen molar-refractivity contribution in [1.29, 1.82) is 0 Å². The van der Waals surface area contributed by atoms with E-state index in [0.29, 0.717) is 0 Å². The SMILES string of the molecule is CCC(=O)C(OC)c1cc(F)ccc1F. The lowest BCUT2D eigenvalue weighted by atomic mass is 10.0. The van der Waals surface area contributed by atoms with Gasteiger partial charge in [-0.25, -0.2) is 8.78 Å². The van der Waals surface area contributed by atoms with Crippen molar-refractivity contribution in [2.24, 2.45) is 0 Å². The number of carbonyl (C=O) groups is 1. The molecular weight excluding hydrogens is 202 g/mol. The maximum absolute atomic E-state index is 13.3. The first-order valence-corrected chi connectivity index (χ1v) is 4.60. The van der Waals surface area contributed by atoms with E-state index in [1.54, 1.807) is 6.92 Å². The lowest BCUT2D eigenvalue weighted by Gasteiger charge is -2.14. The fourth-order valence-corrected chi connectivity index (χ4v) is 1.33. The molecule has 1 rings (SSSR count). The van der Waals surface area contributed by atoms with Crippen molar-refractivity contribution >= 4 is 5.78 Å². The molecule has 0 aliphatic carbocycles. The monoisotopic (exact) mass is 214 g/mol. The zero-order valence-corrected chi connectivity index (χ0v) is 8.59. The maximum atomic E-state index is 13.3. The minimum Gasteiger partial charge on any atom is -0.369 e. The number of hydrogen-bond donors (Lipinski definition) is 0. The van der Waals surface area contributed by atoms with E-state index in [9.17, 15) is 13.6 Å². The topological polar surface area (TPSA) is 26.3 Å². The first kappa shape index (κ1) is 11.8. The Morgan fingerprint density at radius 1 is 1.47 bits per heavy atom. The van der Waals surface area contributed by atoms with Gasteiger partial charge in [0.2, 0.25) is 0 Å². The summed E-state index contributed by atoms with van der Waals surface area (Å²) in [6.07, 6.45) is -0.806. The summed E-state index contributed by atoms with van der Waals surface area (Å²) in [6, 6.07) is 2.97. The second kappa shape index (κ2) is 4.98. The molecule has 0 bridgehead atoms. The molecule has 0 spiro atoms. The van der Waals surface area contributed by atoms with Crippen molar-refractivity contribution in [3.8, 4) is 0 Å². The van der Waals surface area contributed by atoms with E-state index in [0.717, 1.165) is 18.2 Å². The molecule has 82 valence electrons. The van der Waals surface area contributed by atoms with Gasteiger partial charge in [-0.1, -0.05) is 6.92 Å². The van der Waals surface area contributed by atoms with Gasteiger partial charge in [-0.05, 0) is 18.2 Å². The minimum atomic E-state index is -1.02. The molecule has 2 nitrogen and oxygen atoms in total. The Morgan fingerprint density at radius 3 is 2.67 bits per heavy atom. The average Bonchev–Trinajstić information content (AvgIpc) is 2.23. The predicted octanol–water partition coefficient (Wildman–Crippen LogP) is 2.63. The fourth-order valence-electron chi connectivity index (χ4n) is 1.33.